The first kappa shape index (κ1) is 19.2. The predicted octanol–water partition coefficient (Wildman–Crippen LogP) is 2.29. The Labute approximate surface area is 161 Å². The van der Waals surface area contributed by atoms with Gasteiger partial charge in [0.15, 0.2) is 0 Å². The van der Waals surface area contributed by atoms with E-state index in [9.17, 15) is 14.4 Å². The molecule has 2 heterocycles. The van der Waals surface area contributed by atoms with Crippen LogP contribution in [-0.4, -0.2) is 33.4 Å². The molecular formula is C19H22N4O3S. The molecule has 0 atom stereocenters. The average molecular weight is 386 g/mol. The number of nitrogens with zero attached hydrogens (tertiary/aromatic N) is 3. The first-order chi connectivity index (χ1) is 12.9. The summed E-state index contributed by atoms with van der Waals surface area (Å²) in [5.41, 5.74) is 1.67. The third kappa shape index (κ3) is 4.05. The van der Waals surface area contributed by atoms with E-state index in [2.05, 4.69) is 10.4 Å². The molecule has 8 heteroatoms. The van der Waals surface area contributed by atoms with Crippen LogP contribution >= 0.6 is 11.8 Å². The summed E-state index contributed by atoms with van der Waals surface area (Å²) in [6.07, 6.45) is 2.42. The minimum atomic E-state index is -0.431. The zero-order valence-electron chi connectivity index (χ0n) is 15.6. The second kappa shape index (κ2) is 7.96. The molecule has 0 radical (unpaired) electrons. The molecule has 1 aliphatic rings. The summed E-state index contributed by atoms with van der Waals surface area (Å²) in [6.45, 7) is 5.54. The molecule has 0 aliphatic carbocycles. The Bertz CT molecular complexity index is 939. The predicted molar refractivity (Wildman–Crippen MR) is 106 cm³/mol. The lowest BCUT2D eigenvalue weighted by Crippen LogP contribution is -2.45. The van der Waals surface area contributed by atoms with Crippen LogP contribution in [0.25, 0.3) is 0 Å². The van der Waals surface area contributed by atoms with Crippen LogP contribution in [0.1, 0.15) is 26.3 Å². The van der Waals surface area contributed by atoms with Crippen molar-refractivity contribution in [3.63, 3.8) is 0 Å². The van der Waals surface area contributed by atoms with Crippen LogP contribution < -0.4 is 15.8 Å². The van der Waals surface area contributed by atoms with E-state index in [0.717, 1.165) is 16.7 Å². The molecule has 0 fully saturated rings. The Morgan fingerprint density at radius 2 is 2.11 bits per heavy atom. The van der Waals surface area contributed by atoms with Gasteiger partial charge in [-0.3, -0.25) is 14.4 Å². The van der Waals surface area contributed by atoms with Gasteiger partial charge in [0.05, 0.1) is 16.8 Å². The van der Waals surface area contributed by atoms with Crippen molar-refractivity contribution in [2.45, 2.75) is 44.7 Å². The number of anilines is 2. The fraction of sp³-hybridized carbons (Fsp3) is 0.368. The smallest absolute Gasteiger partial charge is 0.292 e. The summed E-state index contributed by atoms with van der Waals surface area (Å²) in [4.78, 5) is 39.7. The van der Waals surface area contributed by atoms with Gasteiger partial charge in [0.1, 0.15) is 12.2 Å². The first-order valence-corrected chi connectivity index (χ1v) is 9.83. The highest BCUT2D eigenvalue weighted by Gasteiger charge is 2.30. The van der Waals surface area contributed by atoms with Crippen LogP contribution in [-0.2, 0) is 22.6 Å². The Morgan fingerprint density at radius 3 is 2.81 bits per heavy atom. The average Bonchev–Trinajstić information content (AvgIpc) is 2.64. The number of carbonyl (C=O) groups is 2. The fourth-order valence-corrected chi connectivity index (χ4v) is 3.85. The number of aromatic nitrogens is 2. The van der Waals surface area contributed by atoms with Crippen molar-refractivity contribution >= 4 is 35.0 Å². The molecule has 0 saturated carbocycles. The third-order valence-corrected chi connectivity index (χ3v) is 5.28. The summed E-state index contributed by atoms with van der Waals surface area (Å²) in [6, 6.07) is 7.42. The van der Waals surface area contributed by atoms with E-state index in [4.69, 9.17) is 0 Å². The maximum Gasteiger partial charge on any atom is 0.292 e. The van der Waals surface area contributed by atoms with Gasteiger partial charge in [-0.2, -0.15) is 5.10 Å². The van der Waals surface area contributed by atoms with E-state index >= 15 is 0 Å². The number of benzene rings is 1. The van der Waals surface area contributed by atoms with Crippen molar-refractivity contribution in [3.8, 4) is 0 Å². The molecule has 1 aliphatic heterocycles. The van der Waals surface area contributed by atoms with Crippen LogP contribution in [0.5, 0.6) is 0 Å². The molecule has 7 nitrogen and oxygen atoms in total. The van der Waals surface area contributed by atoms with Crippen LogP contribution in [0.4, 0.5) is 11.4 Å². The Kier molecular flexibility index (Phi) is 5.65. The highest BCUT2D eigenvalue weighted by molar-refractivity contribution is 8.00. The van der Waals surface area contributed by atoms with E-state index in [-0.39, 0.29) is 30.2 Å². The monoisotopic (exact) mass is 386 g/mol. The van der Waals surface area contributed by atoms with Crippen molar-refractivity contribution in [3.05, 3.63) is 46.4 Å². The van der Waals surface area contributed by atoms with Crippen molar-refractivity contribution in [1.82, 2.24) is 9.78 Å². The second-order valence-electron chi connectivity index (χ2n) is 6.57. The number of thioether (sulfide) groups is 1. The van der Waals surface area contributed by atoms with Gasteiger partial charge >= 0.3 is 0 Å². The molecule has 142 valence electrons. The molecule has 0 unspecified atom stereocenters. The molecule has 1 aromatic carbocycles. The van der Waals surface area contributed by atoms with Gasteiger partial charge in [0.2, 0.25) is 11.8 Å². The van der Waals surface area contributed by atoms with E-state index in [1.54, 1.807) is 12.3 Å². The molecule has 1 N–H and O–H groups in total. The number of fused-ring (bicyclic) bond motifs is 1. The number of hydrogen-bond acceptors (Lipinski definition) is 5. The molecule has 3 rings (SSSR count). The molecule has 0 spiro atoms. The molecule has 27 heavy (non-hydrogen) atoms. The van der Waals surface area contributed by atoms with Crippen molar-refractivity contribution in [2.24, 2.45) is 0 Å². The lowest BCUT2D eigenvalue weighted by Gasteiger charge is -2.31. The number of amides is 2. The number of nitrogens with one attached hydrogen (secondary N) is 1. The summed E-state index contributed by atoms with van der Waals surface area (Å²) in [5, 5.41) is 6.90. The quantitative estimate of drug-likeness (QED) is 0.852. The Morgan fingerprint density at radius 1 is 1.33 bits per heavy atom. The van der Waals surface area contributed by atoms with Crippen LogP contribution in [0, 0.1) is 0 Å². The largest absolute Gasteiger partial charge is 0.324 e. The number of rotatable bonds is 5. The van der Waals surface area contributed by atoms with Gasteiger partial charge in [-0.25, -0.2) is 4.68 Å². The SMILES string of the molecule is CCc1cccc(NC(=O)Cn2ncc3c(c2=O)N(C(C)C)C(=O)CS3)c1. The van der Waals surface area contributed by atoms with Gasteiger partial charge < -0.3 is 10.2 Å². The zero-order chi connectivity index (χ0) is 19.6. The van der Waals surface area contributed by atoms with Crippen molar-refractivity contribution in [2.75, 3.05) is 16.0 Å². The highest BCUT2D eigenvalue weighted by atomic mass is 32.2. The maximum atomic E-state index is 12.9. The van der Waals surface area contributed by atoms with E-state index in [1.165, 1.54) is 16.7 Å². The number of aryl methyl sites for hydroxylation is 1. The van der Waals surface area contributed by atoms with Gasteiger partial charge in [-0.15, -0.1) is 11.8 Å². The molecule has 2 aromatic rings. The fourth-order valence-electron chi connectivity index (χ4n) is 2.99. The minimum Gasteiger partial charge on any atom is -0.324 e. The third-order valence-electron chi connectivity index (χ3n) is 4.27. The highest BCUT2D eigenvalue weighted by Crippen LogP contribution is 2.32. The number of carbonyl (C=O) groups excluding carboxylic acids is 2. The summed E-state index contributed by atoms with van der Waals surface area (Å²) < 4.78 is 1.10. The topological polar surface area (TPSA) is 84.3 Å². The van der Waals surface area contributed by atoms with Gasteiger partial charge in [-0.05, 0) is 38.0 Å². The van der Waals surface area contributed by atoms with E-state index in [1.807, 2.05) is 39.0 Å². The van der Waals surface area contributed by atoms with Gasteiger partial charge in [0, 0.05) is 11.7 Å². The van der Waals surface area contributed by atoms with Gasteiger partial charge in [0.25, 0.3) is 5.56 Å². The second-order valence-corrected chi connectivity index (χ2v) is 7.59. The molecule has 0 saturated heterocycles. The lowest BCUT2D eigenvalue weighted by molar-refractivity contribution is -0.117. The molecule has 0 bridgehead atoms. The number of hydrogen-bond donors (Lipinski definition) is 1. The summed E-state index contributed by atoms with van der Waals surface area (Å²) >= 11 is 1.30. The van der Waals surface area contributed by atoms with Gasteiger partial charge in [-0.1, -0.05) is 19.1 Å². The zero-order valence-corrected chi connectivity index (χ0v) is 16.4. The lowest BCUT2D eigenvalue weighted by atomic mass is 10.1. The minimum absolute atomic E-state index is 0.113. The summed E-state index contributed by atoms with van der Waals surface area (Å²) in [5.74, 6) is -0.174. The van der Waals surface area contributed by atoms with Crippen molar-refractivity contribution < 1.29 is 9.59 Å². The molecular weight excluding hydrogens is 364 g/mol. The van der Waals surface area contributed by atoms with Crippen LogP contribution in [0.2, 0.25) is 0 Å². The van der Waals surface area contributed by atoms with E-state index < -0.39 is 5.56 Å². The van der Waals surface area contributed by atoms with Crippen LogP contribution in [0.15, 0.2) is 40.2 Å². The van der Waals surface area contributed by atoms with Crippen molar-refractivity contribution in [1.29, 1.82) is 0 Å². The first-order valence-electron chi connectivity index (χ1n) is 8.84. The standard InChI is InChI=1S/C19H22N4O3S/c1-4-13-6-5-7-14(8-13)21-16(24)10-22-19(26)18-15(9-20-22)27-11-17(25)23(18)12(2)3/h5-9,12H,4,10-11H2,1-3H3,(H,21,24). The Balaban J connectivity index is 1.84. The molecule has 2 amide bonds. The normalized spacial score (nSPS) is 13.6. The summed E-state index contributed by atoms with van der Waals surface area (Å²) in [7, 11) is 0. The molecule has 1 aromatic heterocycles. The maximum absolute atomic E-state index is 12.9. The van der Waals surface area contributed by atoms with E-state index in [0.29, 0.717) is 16.3 Å². The Hall–Kier alpha value is -2.61. The van der Waals surface area contributed by atoms with Crippen LogP contribution in [0.3, 0.4) is 0 Å².